The van der Waals surface area contributed by atoms with Gasteiger partial charge >= 0.3 is 0 Å². The van der Waals surface area contributed by atoms with Crippen molar-refractivity contribution in [2.45, 2.75) is 50.1 Å². The Balaban J connectivity index is 2.18. The van der Waals surface area contributed by atoms with Gasteiger partial charge in [-0.1, -0.05) is 28.9 Å². The molecule has 2 atom stereocenters. The normalized spacial score (nSPS) is 21.1. The van der Waals surface area contributed by atoms with Gasteiger partial charge in [0.1, 0.15) is 0 Å². The van der Waals surface area contributed by atoms with Gasteiger partial charge in [0.2, 0.25) is 10.0 Å². The lowest BCUT2D eigenvalue weighted by Gasteiger charge is -2.23. The molecule has 0 aromatic heterocycles. The van der Waals surface area contributed by atoms with Crippen LogP contribution in [0, 0.1) is 6.92 Å². The maximum absolute atomic E-state index is 12.5. The minimum Gasteiger partial charge on any atom is -0.312 e. The first-order valence-corrected chi connectivity index (χ1v) is 9.23. The van der Waals surface area contributed by atoms with E-state index in [-0.39, 0.29) is 12.1 Å². The number of benzene rings is 1. The van der Waals surface area contributed by atoms with E-state index < -0.39 is 10.0 Å². The van der Waals surface area contributed by atoms with E-state index in [9.17, 15) is 8.42 Å². The van der Waals surface area contributed by atoms with Crippen LogP contribution in [0.3, 0.4) is 0 Å². The molecule has 0 spiro atoms. The number of hydrogen-bond donors (Lipinski definition) is 2. The summed E-state index contributed by atoms with van der Waals surface area (Å²) in [6.45, 7) is 4.92. The minimum atomic E-state index is -3.47. The third-order valence-electron chi connectivity index (χ3n) is 3.78. The van der Waals surface area contributed by atoms with E-state index in [1.165, 1.54) is 0 Å². The molecule has 1 aliphatic rings. The zero-order valence-electron chi connectivity index (χ0n) is 11.8. The smallest absolute Gasteiger partial charge is 0.240 e. The molecule has 4 nitrogen and oxygen atoms in total. The van der Waals surface area contributed by atoms with Crippen LogP contribution in [0.1, 0.15) is 31.7 Å². The number of hydrogen-bond acceptors (Lipinski definition) is 3. The van der Waals surface area contributed by atoms with E-state index in [2.05, 4.69) is 26.0 Å². The van der Waals surface area contributed by atoms with Crippen molar-refractivity contribution >= 4 is 26.0 Å². The molecule has 0 bridgehead atoms. The van der Waals surface area contributed by atoms with Crippen LogP contribution in [-0.2, 0) is 10.0 Å². The quantitative estimate of drug-likeness (QED) is 0.848. The monoisotopic (exact) mass is 360 g/mol. The van der Waals surface area contributed by atoms with Crippen LogP contribution >= 0.6 is 15.9 Å². The third kappa shape index (κ3) is 3.61. The zero-order chi connectivity index (χ0) is 14.8. The van der Waals surface area contributed by atoms with Gasteiger partial charge in [0, 0.05) is 16.6 Å². The second kappa shape index (κ2) is 6.56. The standard InChI is InChI=1S/C14H21BrN2O2S/c1-3-13(14-5-4-8-16-14)17-20(18,19)11-7-6-10(2)12(15)9-11/h6-7,9,13-14,16-17H,3-5,8H2,1-2H3/t13-,14?/m1/s1. The van der Waals surface area contributed by atoms with Crippen molar-refractivity contribution in [3.05, 3.63) is 28.2 Å². The average molecular weight is 361 g/mol. The summed E-state index contributed by atoms with van der Waals surface area (Å²) in [5.74, 6) is 0. The molecule has 1 aliphatic heterocycles. The lowest BCUT2D eigenvalue weighted by molar-refractivity contribution is 0.435. The van der Waals surface area contributed by atoms with Crippen molar-refractivity contribution in [1.29, 1.82) is 0 Å². The fourth-order valence-corrected chi connectivity index (χ4v) is 4.43. The summed E-state index contributed by atoms with van der Waals surface area (Å²) in [6, 6.07) is 5.31. The predicted octanol–water partition coefficient (Wildman–Crippen LogP) is 2.57. The van der Waals surface area contributed by atoms with Gasteiger partial charge in [-0.15, -0.1) is 0 Å². The van der Waals surface area contributed by atoms with E-state index in [4.69, 9.17) is 0 Å². The molecule has 2 N–H and O–H groups in total. The van der Waals surface area contributed by atoms with Crippen LogP contribution in [0.25, 0.3) is 0 Å². The highest BCUT2D eigenvalue weighted by Crippen LogP contribution is 2.21. The number of aryl methyl sites for hydroxylation is 1. The van der Waals surface area contributed by atoms with Gasteiger partial charge in [-0.05, 0) is 50.4 Å². The molecule has 2 rings (SSSR count). The highest BCUT2D eigenvalue weighted by atomic mass is 79.9. The highest BCUT2D eigenvalue weighted by molar-refractivity contribution is 9.10. The van der Waals surface area contributed by atoms with E-state index >= 15 is 0 Å². The molecule has 6 heteroatoms. The number of nitrogens with one attached hydrogen (secondary N) is 2. The second-order valence-corrected chi connectivity index (χ2v) is 7.82. The van der Waals surface area contributed by atoms with Crippen molar-refractivity contribution in [2.75, 3.05) is 6.54 Å². The van der Waals surface area contributed by atoms with E-state index in [0.717, 1.165) is 35.8 Å². The Bertz CT molecular complexity index is 569. The molecule has 0 aliphatic carbocycles. The molecule has 1 aromatic carbocycles. The molecule has 1 saturated heterocycles. The summed E-state index contributed by atoms with van der Waals surface area (Å²) in [5, 5.41) is 3.37. The molecule has 112 valence electrons. The van der Waals surface area contributed by atoms with Crippen molar-refractivity contribution in [1.82, 2.24) is 10.0 Å². The van der Waals surface area contributed by atoms with Crippen LogP contribution in [0.2, 0.25) is 0 Å². The van der Waals surface area contributed by atoms with Crippen LogP contribution in [0.15, 0.2) is 27.6 Å². The SMILES string of the molecule is CC[C@@H](NS(=O)(=O)c1ccc(C)c(Br)c1)C1CCCN1. The van der Waals surface area contributed by atoms with Crippen molar-refractivity contribution < 1.29 is 8.42 Å². The van der Waals surface area contributed by atoms with Gasteiger partial charge in [0.15, 0.2) is 0 Å². The maximum Gasteiger partial charge on any atom is 0.240 e. The first-order chi connectivity index (χ1) is 9.44. The zero-order valence-corrected chi connectivity index (χ0v) is 14.2. The molecule has 1 unspecified atom stereocenters. The summed E-state index contributed by atoms with van der Waals surface area (Å²) in [6.07, 6.45) is 2.92. The van der Waals surface area contributed by atoms with Crippen molar-refractivity contribution in [2.24, 2.45) is 0 Å². The topological polar surface area (TPSA) is 58.2 Å². The van der Waals surface area contributed by atoms with Crippen LogP contribution in [0.5, 0.6) is 0 Å². The second-order valence-electron chi connectivity index (χ2n) is 5.25. The largest absolute Gasteiger partial charge is 0.312 e. The fraction of sp³-hybridized carbons (Fsp3) is 0.571. The van der Waals surface area contributed by atoms with Gasteiger partial charge in [0.05, 0.1) is 4.90 Å². The fourth-order valence-electron chi connectivity index (χ4n) is 2.51. The van der Waals surface area contributed by atoms with Crippen LogP contribution in [-0.4, -0.2) is 27.0 Å². The summed E-state index contributed by atoms with van der Waals surface area (Å²) < 4.78 is 28.6. The molecular formula is C14H21BrN2O2S. The molecule has 1 aromatic rings. The first-order valence-electron chi connectivity index (χ1n) is 6.96. The van der Waals surface area contributed by atoms with Crippen molar-refractivity contribution in [3.8, 4) is 0 Å². The van der Waals surface area contributed by atoms with Crippen LogP contribution < -0.4 is 10.0 Å². The van der Waals surface area contributed by atoms with Crippen LogP contribution in [0.4, 0.5) is 0 Å². The molecular weight excluding hydrogens is 340 g/mol. The lowest BCUT2D eigenvalue weighted by Crippen LogP contribution is -2.46. The maximum atomic E-state index is 12.5. The molecule has 1 fully saturated rings. The average Bonchev–Trinajstić information content (AvgIpc) is 2.93. The molecule has 0 saturated carbocycles. The number of halogens is 1. The minimum absolute atomic E-state index is 0.0532. The van der Waals surface area contributed by atoms with Gasteiger partial charge in [0.25, 0.3) is 0 Å². The van der Waals surface area contributed by atoms with Gasteiger partial charge in [-0.25, -0.2) is 13.1 Å². The predicted molar refractivity (Wildman–Crippen MR) is 84.3 cm³/mol. The van der Waals surface area contributed by atoms with Gasteiger partial charge in [-0.3, -0.25) is 0 Å². The Morgan fingerprint density at radius 1 is 1.50 bits per heavy atom. The highest BCUT2D eigenvalue weighted by Gasteiger charge is 2.27. The Morgan fingerprint density at radius 2 is 2.25 bits per heavy atom. The Labute approximate surface area is 129 Å². The van der Waals surface area contributed by atoms with Gasteiger partial charge in [-0.2, -0.15) is 0 Å². The Morgan fingerprint density at radius 3 is 2.80 bits per heavy atom. The van der Waals surface area contributed by atoms with E-state index in [1.807, 2.05) is 19.9 Å². The first kappa shape index (κ1) is 15.9. The Kier molecular flexibility index (Phi) is 5.23. The van der Waals surface area contributed by atoms with E-state index in [1.54, 1.807) is 12.1 Å². The summed E-state index contributed by atoms with van der Waals surface area (Å²) >= 11 is 3.38. The summed E-state index contributed by atoms with van der Waals surface area (Å²) in [7, 11) is -3.47. The molecule has 20 heavy (non-hydrogen) atoms. The number of rotatable bonds is 5. The van der Waals surface area contributed by atoms with Crippen molar-refractivity contribution in [3.63, 3.8) is 0 Å². The Hall–Kier alpha value is -0.430. The molecule has 1 heterocycles. The number of sulfonamides is 1. The molecule has 0 radical (unpaired) electrons. The summed E-state index contributed by atoms with van der Waals surface area (Å²) in [4.78, 5) is 0.312. The molecule has 0 amide bonds. The van der Waals surface area contributed by atoms with Gasteiger partial charge < -0.3 is 5.32 Å². The van der Waals surface area contributed by atoms with E-state index in [0.29, 0.717) is 4.90 Å². The third-order valence-corrected chi connectivity index (χ3v) is 6.13. The summed E-state index contributed by atoms with van der Waals surface area (Å²) in [5.41, 5.74) is 1.02. The lowest BCUT2D eigenvalue weighted by atomic mass is 10.1.